The molecule has 0 aromatic heterocycles. The van der Waals surface area contributed by atoms with Crippen LogP contribution in [0.25, 0.3) is 0 Å². The molecule has 2 aromatic carbocycles. The van der Waals surface area contributed by atoms with Crippen molar-refractivity contribution in [3.05, 3.63) is 57.0 Å². The number of nitrogens with one attached hydrogen (secondary N) is 1. The Morgan fingerprint density at radius 3 is 2.44 bits per heavy atom. The number of anilines is 1. The van der Waals surface area contributed by atoms with Gasteiger partial charge in [-0.15, -0.1) is 0 Å². The molecule has 2 rings (SSSR count). The van der Waals surface area contributed by atoms with Gasteiger partial charge in [0.25, 0.3) is 5.91 Å². The van der Waals surface area contributed by atoms with E-state index in [1.807, 2.05) is 43.3 Å². The van der Waals surface area contributed by atoms with E-state index in [0.717, 1.165) is 14.5 Å². The van der Waals surface area contributed by atoms with Crippen molar-refractivity contribution in [3.63, 3.8) is 0 Å². The molecule has 0 fully saturated rings. The number of aryl methyl sites for hydroxylation is 1. The Labute approximate surface area is 163 Å². The van der Waals surface area contributed by atoms with Gasteiger partial charge in [-0.25, -0.2) is 0 Å². The Hall–Kier alpha value is -1.86. The van der Waals surface area contributed by atoms with Crippen molar-refractivity contribution in [2.24, 2.45) is 0 Å². The molecular formula is C18H18Br2N2O3. The fourth-order valence-electron chi connectivity index (χ4n) is 1.98. The standard InChI is InChI=1S/C18H18Br2N2O3/c1-12-3-6-14(7-4-12)21-17(23)10-22(2)18(24)11-25-16-8-5-13(19)9-15(16)20/h3-9H,10-11H2,1-2H3,(H,21,23). The van der Waals surface area contributed by atoms with Crippen LogP contribution in [0.2, 0.25) is 0 Å². The van der Waals surface area contributed by atoms with Crippen molar-refractivity contribution in [2.75, 3.05) is 25.5 Å². The van der Waals surface area contributed by atoms with Crippen LogP contribution in [-0.2, 0) is 9.59 Å². The normalized spacial score (nSPS) is 10.2. The third-order valence-corrected chi connectivity index (χ3v) is 4.50. The average molecular weight is 470 g/mol. The molecule has 0 saturated heterocycles. The lowest BCUT2D eigenvalue weighted by Crippen LogP contribution is -2.37. The van der Waals surface area contributed by atoms with Gasteiger partial charge in [-0.05, 0) is 53.2 Å². The predicted octanol–water partition coefficient (Wildman–Crippen LogP) is 4.00. The van der Waals surface area contributed by atoms with Crippen molar-refractivity contribution >= 4 is 49.4 Å². The summed E-state index contributed by atoms with van der Waals surface area (Å²) in [5.41, 5.74) is 1.81. The van der Waals surface area contributed by atoms with E-state index in [-0.39, 0.29) is 25.0 Å². The lowest BCUT2D eigenvalue weighted by atomic mass is 10.2. The number of likely N-dealkylation sites (N-methyl/N-ethyl adjacent to an activating group) is 1. The second-order valence-corrected chi connectivity index (χ2v) is 7.30. The number of hydrogen-bond donors (Lipinski definition) is 1. The molecule has 5 nitrogen and oxygen atoms in total. The predicted molar refractivity (Wildman–Crippen MR) is 105 cm³/mol. The van der Waals surface area contributed by atoms with Gasteiger partial charge in [0.1, 0.15) is 5.75 Å². The van der Waals surface area contributed by atoms with Gasteiger partial charge in [0, 0.05) is 17.2 Å². The van der Waals surface area contributed by atoms with Crippen molar-refractivity contribution in [1.29, 1.82) is 0 Å². The first kappa shape index (κ1) is 19.5. The number of ether oxygens (including phenoxy) is 1. The van der Waals surface area contributed by atoms with E-state index >= 15 is 0 Å². The van der Waals surface area contributed by atoms with Crippen molar-refractivity contribution in [3.8, 4) is 5.75 Å². The van der Waals surface area contributed by atoms with Crippen molar-refractivity contribution < 1.29 is 14.3 Å². The van der Waals surface area contributed by atoms with Crippen LogP contribution in [0.5, 0.6) is 5.75 Å². The summed E-state index contributed by atoms with van der Waals surface area (Å²) in [4.78, 5) is 25.5. The van der Waals surface area contributed by atoms with Gasteiger partial charge in [0.05, 0.1) is 11.0 Å². The lowest BCUT2D eigenvalue weighted by molar-refractivity contribution is -0.135. The molecule has 0 atom stereocenters. The van der Waals surface area contributed by atoms with Gasteiger partial charge in [-0.2, -0.15) is 0 Å². The highest BCUT2D eigenvalue weighted by Gasteiger charge is 2.14. The zero-order valence-corrected chi connectivity index (χ0v) is 17.1. The molecular weight excluding hydrogens is 452 g/mol. The summed E-state index contributed by atoms with van der Waals surface area (Å²) in [5, 5.41) is 2.76. The maximum Gasteiger partial charge on any atom is 0.260 e. The van der Waals surface area contributed by atoms with E-state index < -0.39 is 0 Å². The highest BCUT2D eigenvalue weighted by atomic mass is 79.9. The molecule has 0 aliphatic carbocycles. The van der Waals surface area contributed by atoms with Crippen LogP contribution in [0.4, 0.5) is 5.69 Å². The SMILES string of the molecule is Cc1ccc(NC(=O)CN(C)C(=O)COc2ccc(Br)cc2Br)cc1. The maximum atomic E-state index is 12.1. The second kappa shape index (κ2) is 9.01. The third-order valence-electron chi connectivity index (χ3n) is 3.39. The molecule has 0 aliphatic rings. The van der Waals surface area contributed by atoms with Crippen molar-refractivity contribution in [2.45, 2.75) is 6.92 Å². The summed E-state index contributed by atoms with van der Waals surface area (Å²) in [6, 6.07) is 12.9. The molecule has 0 heterocycles. The first-order valence-corrected chi connectivity index (χ1v) is 9.12. The summed E-state index contributed by atoms with van der Waals surface area (Å²) in [6.07, 6.45) is 0. The number of amides is 2. The Morgan fingerprint density at radius 1 is 1.12 bits per heavy atom. The Morgan fingerprint density at radius 2 is 1.80 bits per heavy atom. The van der Waals surface area contributed by atoms with Crippen molar-refractivity contribution in [1.82, 2.24) is 4.90 Å². The monoisotopic (exact) mass is 468 g/mol. The number of carbonyl (C=O) groups excluding carboxylic acids is 2. The molecule has 0 radical (unpaired) electrons. The molecule has 0 unspecified atom stereocenters. The first-order chi connectivity index (χ1) is 11.8. The third kappa shape index (κ3) is 6.17. The Bertz CT molecular complexity index is 763. The van der Waals surface area contributed by atoms with Crippen LogP contribution < -0.4 is 10.1 Å². The molecule has 0 spiro atoms. The molecule has 132 valence electrons. The van der Waals surface area contributed by atoms with Crippen LogP contribution >= 0.6 is 31.9 Å². The maximum absolute atomic E-state index is 12.1. The van der Waals surface area contributed by atoms with Crippen LogP contribution in [0.1, 0.15) is 5.56 Å². The van der Waals surface area contributed by atoms with Gasteiger partial charge in [-0.1, -0.05) is 33.6 Å². The first-order valence-electron chi connectivity index (χ1n) is 7.53. The number of benzene rings is 2. The van der Waals surface area contributed by atoms with Gasteiger partial charge < -0.3 is 15.0 Å². The molecule has 0 aliphatic heterocycles. The fraction of sp³-hybridized carbons (Fsp3) is 0.222. The van der Waals surface area contributed by atoms with Crippen LogP contribution in [0.15, 0.2) is 51.4 Å². The van der Waals surface area contributed by atoms with E-state index in [0.29, 0.717) is 11.4 Å². The second-order valence-electron chi connectivity index (χ2n) is 5.53. The Balaban J connectivity index is 1.82. The van der Waals surface area contributed by atoms with Crippen LogP contribution in [-0.4, -0.2) is 36.9 Å². The minimum atomic E-state index is -0.283. The van der Waals surface area contributed by atoms with Gasteiger partial charge in [0.2, 0.25) is 5.91 Å². The highest BCUT2D eigenvalue weighted by molar-refractivity contribution is 9.11. The summed E-state index contributed by atoms with van der Waals surface area (Å²) in [7, 11) is 1.57. The summed E-state index contributed by atoms with van der Waals surface area (Å²) < 4.78 is 7.15. The molecule has 0 saturated carbocycles. The number of hydrogen-bond acceptors (Lipinski definition) is 3. The van der Waals surface area contributed by atoms with Crippen LogP contribution in [0.3, 0.4) is 0 Å². The number of nitrogens with zero attached hydrogens (tertiary/aromatic N) is 1. The van der Waals surface area contributed by atoms with Crippen LogP contribution in [0, 0.1) is 6.92 Å². The fourth-order valence-corrected chi connectivity index (χ4v) is 3.14. The molecule has 25 heavy (non-hydrogen) atoms. The molecule has 2 amide bonds. The van der Waals surface area contributed by atoms with E-state index in [2.05, 4.69) is 37.2 Å². The smallest absolute Gasteiger partial charge is 0.260 e. The zero-order chi connectivity index (χ0) is 18.4. The average Bonchev–Trinajstić information content (AvgIpc) is 2.55. The topological polar surface area (TPSA) is 58.6 Å². The molecule has 2 aromatic rings. The van der Waals surface area contributed by atoms with E-state index in [9.17, 15) is 9.59 Å². The van der Waals surface area contributed by atoms with E-state index in [4.69, 9.17) is 4.74 Å². The molecule has 7 heteroatoms. The quantitative estimate of drug-likeness (QED) is 0.695. The lowest BCUT2D eigenvalue weighted by Gasteiger charge is -2.17. The minimum Gasteiger partial charge on any atom is -0.483 e. The minimum absolute atomic E-state index is 0.0441. The van der Waals surface area contributed by atoms with Gasteiger partial charge >= 0.3 is 0 Å². The summed E-state index contributed by atoms with van der Waals surface area (Å²) in [5.74, 6) is 0.0208. The summed E-state index contributed by atoms with van der Waals surface area (Å²) in [6.45, 7) is 1.79. The summed E-state index contributed by atoms with van der Waals surface area (Å²) >= 11 is 6.73. The number of rotatable bonds is 6. The number of carbonyl (C=O) groups is 2. The highest BCUT2D eigenvalue weighted by Crippen LogP contribution is 2.28. The molecule has 1 N–H and O–H groups in total. The number of halogens is 2. The zero-order valence-electron chi connectivity index (χ0n) is 13.9. The van der Waals surface area contributed by atoms with Gasteiger partial charge in [0.15, 0.2) is 6.61 Å². The van der Waals surface area contributed by atoms with E-state index in [1.54, 1.807) is 13.1 Å². The Kier molecular flexibility index (Phi) is 7.01. The van der Waals surface area contributed by atoms with E-state index in [1.165, 1.54) is 4.90 Å². The van der Waals surface area contributed by atoms with Gasteiger partial charge in [-0.3, -0.25) is 9.59 Å². The largest absolute Gasteiger partial charge is 0.483 e. The molecule has 0 bridgehead atoms.